The maximum absolute atomic E-state index is 2.59. The van der Waals surface area contributed by atoms with Crippen molar-refractivity contribution in [3.8, 4) is 33.8 Å². The van der Waals surface area contributed by atoms with Crippen LogP contribution in [0.2, 0.25) is 0 Å². The summed E-state index contributed by atoms with van der Waals surface area (Å²) in [6.07, 6.45) is 9.21. The topological polar surface area (TPSA) is 42.2 Å². The van der Waals surface area contributed by atoms with E-state index >= 15 is 0 Å². The second kappa shape index (κ2) is 34.5. The molecular formula is C136H147N10+5. The van der Waals surface area contributed by atoms with Crippen molar-refractivity contribution < 1.29 is 22.7 Å². The molecule has 10 heteroatoms. The van der Waals surface area contributed by atoms with Crippen LogP contribution >= 0.6 is 0 Å². The molecule has 0 atom stereocenters. The third-order valence-corrected chi connectivity index (χ3v) is 36.2. The molecule has 13 aromatic carbocycles. The predicted molar refractivity (Wildman–Crippen MR) is 616 cm³/mol. The number of hydrogen-bond donors (Lipinski definition) is 0. The molecule has 0 spiro atoms. The number of aryl methyl sites for hydroxylation is 10. The minimum Gasteiger partial charge on any atom is -0.232 e. The average Bonchev–Trinajstić information content (AvgIpc) is 1.49. The van der Waals surface area contributed by atoms with Crippen LogP contribution in [-0.2, 0) is 80.6 Å². The van der Waals surface area contributed by atoms with E-state index in [2.05, 4.69) is 540 Å². The average molecular weight is 1920 g/mol. The summed E-state index contributed by atoms with van der Waals surface area (Å²) in [5, 5.41) is 20.2. The van der Waals surface area contributed by atoms with Crippen molar-refractivity contribution in [2.75, 3.05) is 0 Å². The van der Waals surface area contributed by atoms with E-state index < -0.39 is 0 Å². The van der Waals surface area contributed by atoms with Crippen LogP contribution in [0.1, 0.15) is 240 Å². The van der Waals surface area contributed by atoms with Crippen molar-refractivity contribution in [1.29, 1.82) is 0 Å². The highest BCUT2D eigenvalue weighted by Crippen LogP contribution is 2.57. The Labute approximate surface area is 862 Å². The summed E-state index contributed by atoms with van der Waals surface area (Å²) in [5.74, 6) is 2.13. The van der Waals surface area contributed by atoms with Gasteiger partial charge in [0, 0.05) is 127 Å². The molecule has 3 aliphatic rings. The van der Waals surface area contributed by atoms with Crippen molar-refractivity contribution in [2.24, 2.45) is 47.1 Å². The van der Waals surface area contributed by atoms with E-state index in [0.717, 1.165) is 12.8 Å². The molecule has 10 aromatic heterocycles. The molecule has 0 saturated heterocycles. The Morgan fingerprint density at radius 3 is 1.11 bits per heavy atom. The largest absolute Gasteiger partial charge is 0.295 e. The van der Waals surface area contributed by atoms with Gasteiger partial charge in [-0.2, -0.15) is 22.0 Å². The second-order valence-corrected chi connectivity index (χ2v) is 47.9. The van der Waals surface area contributed by atoms with Crippen molar-refractivity contribution >= 4 is 137 Å². The van der Waals surface area contributed by atoms with Gasteiger partial charge >= 0.3 is 0 Å². The number of nitrogens with zero attached hydrogens (tertiary/aromatic N) is 10. The number of aromatic nitrogens is 10. The molecule has 23 aromatic rings. The summed E-state index contributed by atoms with van der Waals surface area (Å²) < 4.78 is 24.5. The summed E-state index contributed by atoms with van der Waals surface area (Å²) in [5.41, 5.74) is 43.7. The van der Waals surface area contributed by atoms with Gasteiger partial charge in [-0.05, 0) is 133 Å². The molecule has 0 fully saturated rings. The molecule has 146 heavy (non-hydrogen) atoms. The van der Waals surface area contributed by atoms with Crippen molar-refractivity contribution in [1.82, 2.24) is 22.2 Å². The van der Waals surface area contributed by atoms with Gasteiger partial charge in [-0.25, -0.2) is 22.8 Å². The Balaban J connectivity index is 0.000000104. The lowest BCUT2D eigenvalue weighted by molar-refractivity contribution is -0.643. The monoisotopic (exact) mass is 1920 g/mol. The van der Waals surface area contributed by atoms with Gasteiger partial charge < -0.3 is 0 Å². The van der Waals surface area contributed by atoms with Gasteiger partial charge in [-0.3, -0.25) is 0 Å². The predicted octanol–water partition coefficient (Wildman–Crippen LogP) is 31.6. The highest BCUT2D eigenvalue weighted by atomic mass is 15.2. The van der Waals surface area contributed by atoms with Crippen molar-refractivity contribution in [2.45, 2.75) is 237 Å². The number of fused-ring (bicyclic) bond motifs is 21. The number of benzene rings is 13. The highest BCUT2D eigenvalue weighted by molar-refractivity contribution is 6.18. The van der Waals surface area contributed by atoms with Crippen LogP contribution in [0.5, 0.6) is 0 Å². The van der Waals surface area contributed by atoms with E-state index in [0.29, 0.717) is 23.7 Å². The molecule has 26 rings (SSSR count). The maximum atomic E-state index is 2.59. The van der Waals surface area contributed by atoms with Crippen LogP contribution in [0.4, 0.5) is 0 Å². The number of pyridine rings is 5. The van der Waals surface area contributed by atoms with Gasteiger partial charge in [0.2, 0.25) is 0 Å². The lowest BCUT2D eigenvalue weighted by Crippen LogP contribution is -2.51. The van der Waals surface area contributed by atoms with E-state index in [-0.39, 0.29) is 32.5 Å². The van der Waals surface area contributed by atoms with Gasteiger partial charge in [-0.1, -0.05) is 387 Å². The van der Waals surface area contributed by atoms with Gasteiger partial charge in [0.1, 0.15) is 51.9 Å². The standard InChI is InChI=1S/C31H35N2.C29H29N2.C29H31N2.C24H27N2.C23H25N2/c1-20(2)17-23-12-10-13-24(18-21(3)4)30(23)28-19-32(6)31-29-22(5)11-9-15-26(29)25-14-7-8-16-27(25)33(28)31;1-18-12-10-15-20-21-16-11-17-22-25(21)31-26(29(4,5)28(22,2)3)24(19-13-8-7-9-14-19)30(6)27(31)23(18)20;1-18(2)21-13-10-14-22(19(3)4)28(21)26-17-30(6)29-27-20(5)11-9-15-24(27)23-12-7-8-16-25(23)31(26)29;1-14-10-8-11-16-17-12-9-13-18-20(17)26-21(24(5,6)23(18,3)4)15(2)25(7)22(26)19(14)16;1-14-9-7-10-15-16-11-8-12-17-20(16)25-18(23(4,5)22(17,2)3)13-24(6)21(25)19(14)15/h7-16,19-21H,17-18H2,1-6H3;7-17H,1-6H3;7-19H,1-6H3;8-13H,1-7H3;7-13H,1-6H3/q5*+1. The van der Waals surface area contributed by atoms with Gasteiger partial charge in [0.05, 0.1) is 62.2 Å². The van der Waals surface area contributed by atoms with Crippen LogP contribution in [0.25, 0.3) is 170 Å². The summed E-state index contributed by atoms with van der Waals surface area (Å²) in [4.78, 5) is 0. The fourth-order valence-electron chi connectivity index (χ4n) is 26.9. The minimum atomic E-state index is -0.0556. The molecule has 3 aliphatic heterocycles. The van der Waals surface area contributed by atoms with Crippen molar-refractivity contribution in [3.05, 3.63) is 369 Å². The van der Waals surface area contributed by atoms with Crippen LogP contribution in [0, 0.1) is 53.4 Å². The quantitative estimate of drug-likeness (QED) is 0.102. The smallest absolute Gasteiger partial charge is 0.232 e. The molecule has 0 unspecified atom stereocenters. The summed E-state index contributed by atoms with van der Waals surface area (Å²) in [6, 6.07) is 96.5. The summed E-state index contributed by atoms with van der Waals surface area (Å²) in [7, 11) is 11.0. The third-order valence-electron chi connectivity index (χ3n) is 36.2. The molecular weight excluding hydrogens is 1770 g/mol. The Hall–Kier alpha value is -14.1. The minimum absolute atomic E-state index is 0.0121. The van der Waals surface area contributed by atoms with Gasteiger partial charge in [-0.15, -0.1) is 0 Å². The van der Waals surface area contributed by atoms with E-state index in [1.165, 1.54) is 260 Å². The zero-order valence-electron chi connectivity index (χ0n) is 92.3. The fourth-order valence-corrected chi connectivity index (χ4v) is 26.9. The van der Waals surface area contributed by atoms with Crippen LogP contribution in [-0.4, -0.2) is 22.2 Å². The fraction of sp³-hybridized carbons (Fsp3) is 0.316. The lowest BCUT2D eigenvalue weighted by atomic mass is 9.60. The van der Waals surface area contributed by atoms with Crippen LogP contribution in [0.15, 0.2) is 279 Å². The normalized spacial score (nSPS) is 15.0. The first kappa shape index (κ1) is 96.7. The Morgan fingerprint density at radius 2 is 0.644 bits per heavy atom. The van der Waals surface area contributed by atoms with Crippen LogP contribution < -0.4 is 22.7 Å². The molecule has 736 valence electrons. The SMILES string of the molecule is Cc1cccc2c3cccc4c3[n+]3c(c(C)n(C)c3c12)C(C)(C)C4(C)C.Cc1cccc2c3cccc4c3n3c(c(-c5ccccc5)[n+](C)c3c12)C(C)(C)C4(C)C.Cc1cccc2c3cccc4c3n3c(c[n+](C)c3c12)C(C)(C)C4(C)C.Cc1cccc2c3ccccc3n3c(-c4c(C(C)C)cccc4C(C)C)c[n+](C)c3c12.Cc1cccc2c3ccccc3n3c(-c4c(CC(C)C)cccc4CC(C)C)c[n+](C)c3c12. The van der Waals surface area contributed by atoms with E-state index in [1.807, 2.05) is 0 Å². The Morgan fingerprint density at radius 1 is 0.295 bits per heavy atom. The van der Waals surface area contributed by atoms with E-state index in [9.17, 15) is 0 Å². The molecule has 0 amide bonds. The first-order valence-electron chi connectivity index (χ1n) is 53.5. The summed E-state index contributed by atoms with van der Waals surface area (Å²) >= 11 is 0. The summed E-state index contributed by atoms with van der Waals surface area (Å²) in [6.45, 7) is 60.8. The zero-order chi connectivity index (χ0) is 103. The van der Waals surface area contributed by atoms with Gasteiger partial charge in [0.25, 0.3) is 28.2 Å². The number of imidazole rings is 5. The number of rotatable bonds is 9. The lowest BCUT2D eigenvalue weighted by Gasteiger charge is -2.43. The van der Waals surface area contributed by atoms with E-state index in [4.69, 9.17) is 0 Å². The maximum Gasteiger partial charge on any atom is 0.295 e. The molecule has 10 nitrogen and oxygen atoms in total. The third kappa shape index (κ3) is 13.8. The molecule has 0 saturated carbocycles. The number of hydrogen-bond acceptors (Lipinski definition) is 0. The first-order valence-corrected chi connectivity index (χ1v) is 53.5. The van der Waals surface area contributed by atoms with Crippen molar-refractivity contribution in [3.63, 3.8) is 0 Å². The molecule has 13 heterocycles. The zero-order valence-corrected chi connectivity index (χ0v) is 92.3. The van der Waals surface area contributed by atoms with Crippen LogP contribution in [0.3, 0.4) is 0 Å². The van der Waals surface area contributed by atoms with E-state index in [1.54, 1.807) is 0 Å². The van der Waals surface area contributed by atoms with Gasteiger partial charge in [0.15, 0.2) is 34.2 Å². The number of para-hydroxylation sites is 5. The highest BCUT2D eigenvalue weighted by Gasteiger charge is 2.56. The Bertz CT molecular complexity index is 9380. The molecule has 0 radical (unpaired) electrons. The molecule has 0 aliphatic carbocycles. The first-order chi connectivity index (χ1) is 69.5. The second-order valence-electron chi connectivity index (χ2n) is 47.9. The molecule has 0 bridgehead atoms. The molecule has 0 N–H and O–H groups in total. The Kier molecular flexibility index (Phi) is 22.9.